The molecule has 0 unspecified atom stereocenters. The fourth-order valence-corrected chi connectivity index (χ4v) is 3.92. The molecule has 1 aromatic carbocycles. The highest BCUT2D eigenvalue weighted by molar-refractivity contribution is 5.88. The lowest BCUT2D eigenvalue weighted by Gasteiger charge is -2.15. The number of methoxy groups -OCH3 is 1. The molecule has 0 radical (unpaired) electrons. The summed E-state index contributed by atoms with van der Waals surface area (Å²) in [4.78, 5) is 23.8. The second-order valence-electron chi connectivity index (χ2n) is 9.14. The smallest absolute Gasteiger partial charge is 0.320 e. The van der Waals surface area contributed by atoms with Gasteiger partial charge in [-0.05, 0) is 70.8 Å². The van der Waals surface area contributed by atoms with Crippen molar-refractivity contribution in [2.75, 3.05) is 39.7 Å². The van der Waals surface area contributed by atoms with Crippen LogP contribution >= 0.6 is 0 Å². The lowest BCUT2D eigenvalue weighted by Crippen LogP contribution is -2.32. The van der Waals surface area contributed by atoms with Gasteiger partial charge in [0.05, 0.1) is 19.3 Å². The molecule has 0 saturated heterocycles. The van der Waals surface area contributed by atoms with Crippen LogP contribution in [0.2, 0.25) is 0 Å². The van der Waals surface area contributed by atoms with Gasteiger partial charge in [0.2, 0.25) is 0 Å². The molecule has 3 aromatic heterocycles. The third kappa shape index (κ3) is 6.68. The van der Waals surface area contributed by atoms with Crippen molar-refractivity contribution >= 4 is 11.8 Å². The number of furan rings is 1. The molecule has 0 aliphatic carbocycles. The molecule has 3 heterocycles. The Balaban J connectivity index is 1.43. The van der Waals surface area contributed by atoms with Crippen molar-refractivity contribution < 1.29 is 18.7 Å². The Labute approximate surface area is 221 Å². The maximum Gasteiger partial charge on any atom is 0.320 e. The number of amides is 2. The predicted octanol–water partition coefficient (Wildman–Crippen LogP) is 4.12. The summed E-state index contributed by atoms with van der Waals surface area (Å²) in [5.74, 6) is 3.64. The number of aryl methyl sites for hydroxylation is 3. The summed E-state index contributed by atoms with van der Waals surface area (Å²) in [5, 5.41) is 10.1. The molecule has 0 aliphatic heterocycles. The van der Waals surface area contributed by atoms with E-state index in [2.05, 4.69) is 30.6 Å². The maximum absolute atomic E-state index is 12.7. The number of anilines is 1. The Hall–Kier alpha value is -4.38. The second kappa shape index (κ2) is 11.8. The van der Waals surface area contributed by atoms with E-state index in [-0.39, 0.29) is 13.2 Å². The average molecular weight is 520 g/mol. The molecule has 11 heteroatoms. The molecule has 2 N–H and O–H groups in total. The predicted molar refractivity (Wildman–Crippen MR) is 144 cm³/mol. The maximum atomic E-state index is 12.7. The van der Waals surface area contributed by atoms with E-state index in [0.717, 1.165) is 29.3 Å². The number of aromatic nitrogens is 4. The van der Waals surface area contributed by atoms with Gasteiger partial charge in [-0.1, -0.05) is 6.07 Å². The molecule has 200 valence electrons. The molecule has 0 spiro atoms. The topological polar surface area (TPSA) is 120 Å². The molecule has 38 heavy (non-hydrogen) atoms. The Morgan fingerprint density at radius 2 is 1.87 bits per heavy atom. The highest BCUT2D eigenvalue weighted by atomic mass is 16.5. The molecule has 0 fully saturated rings. The van der Waals surface area contributed by atoms with Gasteiger partial charge in [-0.25, -0.2) is 19.4 Å². The van der Waals surface area contributed by atoms with Gasteiger partial charge in [0.15, 0.2) is 28.9 Å². The fraction of sp³-hybridized carbons (Fsp3) is 0.333. The number of hydrogen-bond donors (Lipinski definition) is 2. The number of rotatable bonds is 10. The molecular formula is C27H33N7O4. The molecule has 0 bridgehead atoms. The van der Waals surface area contributed by atoms with Crippen molar-refractivity contribution in [3.63, 3.8) is 0 Å². The van der Waals surface area contributed by atoms with Gasteiger partial charge >= 0.3 is 6.03 Å². The first-order chi connectivity index (χ1) is 18.2. The summed E-state index contributed by atoms with van der Waals surface area (Å²) < 4.78 is 18.7. The van der Waals surface area contributed by atoms with Gasteiger partial charge in [-0.3, -0.25) is 5.32 Å². The Morgan fingerprint density at radius 1 is 1.05 bits per heavy atom. The zero-order valence-electron chi connectivity index (χ0n) is 22.5. The minimum Gasteiger partial charge on any atom is -0.493 e. The first-order valence-corrected chi connectivity index (χ1v) is 12.2. The number of ether oxygens (including phenoxy) is 2. The van der Waals surface area contributed by atoms with Crippen LogP contribution in [0.3, 0.4) is 0 Å². The lowest BCUT2D eigenvalue weighted by atomic mass is 10.2. The molecule has 4 aromatic rings. The summed E-state index contributed by atoms with van der Waals surface area (Å²) >= 11 is 0. The van der Waals surface area contributed by atoms with E-state index in [9.17, 15) is 4.79 Å². The molecule has 0 saturated carbocycles. The quantitative estimate of drug-likeness (QED) is 0.300. The van der Waals surface area contributed by atoms with Crippen LogP contribution in [0.25, 0.3) is 17.4 Å². The zero-order valence-corrected chi connectivity index (χ0v) is 22.5. The zero-order chi connectivity index (χ0) is 27.2. The van der Waals surface area contributed by atoms with Gasteiger partial charge in [0.25, 0.3) is 0 Å². The van der Waals surface area contributed by atoms with Gasteiger partial charge in [-0.15, -0.1) is 0 Å². The summed E-state index contributed by atoms with van der Waals surface area (Å²) in [5.41, 5.74) is 2.86. The fourth-order valence-electron chi connectivity index (χ4n) is 3.92. The summed E-state index contributed by atoms with van der Waals surface area (Å²) in [6.07, 6.45) is 0. The van der Waals surface area contributed by atoms with Crippen LogP contribution < -0.4 is 20.1 Å². The van der Waals surface area contributed by atoms with E-state index in [0.29, 0.717) is 34.7 Å². The van der Waals surface area contributed by atoms with Crippen LogP contribution in [-0.4, -0.2) is 65.0 Å². The Bertz CT molecular complexity index is 1410. The number of carbonyl (C=O) groups excluding carboxylic acids is 1. The Morgan fingerprint density at radius 3 is 2.53 bits per heavy atom. The second-order valence-corrected chi connectivity index (χ2v) is 9.14. The van der Waals surface area contributed by atoms with E-state index in [4.69, 9.17) is 13.9 Å². The van der Waals surface area contributed by atoms with Gasteiger partial charge in [0, 0.05) is 18.3 Å². The number of urea groups is 1. The lowest BCUT2D eigenvalue weighted by molar-refractivity contribution is 0.246. The summed E-state index contributed by atoms with van der Waals surface area (Å²) in [7, 11) is 5.60. The first kappa shape index (κ1) is 26.7. The molecular weight excluding hydrogens is 486 g/mol. The van der Waals surface area contributed by atoms with Crippen molar-refractivity contribution in [2.45, 2.75) is 27.3 Å². The monoisotopic (exact) mass is 519 g/mol. The van der Waals surface area contributed by atoms with Crippen LogP contribution in [0, 0.1) is 20.8 Å². The molecule has 0 aliphatic rings. The summed E-state index contributed by atoms with van der Waals surface area (Å²) in [6, 6.07) is 12.6. The van der Waals surface area contributed by atoms with Crippen molar-refractivity contribution in [2.24, 2.45) is 0 Å². The minimum atomic E-state index is -0.429. The molecule has 2 amide bonds. The van der Waals surface area contributed by atoms with Crippen LogP contribution in [0.15, 0.2) is 46.9 Å². The van der Waals surface area contributed by atoms with Crippen LogP contribution in [0.5, 0.6) is 11.5 Å². The number of nitrogens with zero attached hydrogens (tertiary/aromatic N) is 5. The molecule has 0 atom stereocenters. The summed E-state index contributed by atoms with van der Waals surface area (Å²) in [6.45, 7) is 6.99. The molecule has 4 rings (SSSR count). The van der Waals surface area contributed by atoms with E-state index in [1.165, 1.54) is 0 Å². The average Bonchev–Trinajstić information content (AvgIpc) is 3.45. The van der Waals surface area contributed by atoms with Crippen LogP contribution in [-0.2, 0) is 6.54 Å². The Kier molecular flexibility index (Phi) is 8.27. The van der Waals surface area contributed by atoms with E-state index in [1.54, 1.807) is 23.9 Å². The number of benzene rings is 1. The normalized spacial score (nSPS) is 11.0. The minimum absolute atomic E-state index is 0.257. The van der Waals surface area contributed by atoms with Crippen molar-refractivity contribution in [3.8, 4) is 28.9 Å². The van der Waals surface area contributed by atoms with Gasteiger partial charge < -0.3 is 24.1 Å². The number of hydrogen-bond acceptors (Lipinski definition) is 8. The number of nitrogens with one attached hydrogen (secondary N) is 2. The van der Waals surface area contributed by atoms with Crippen molar-refractivity contribution in [1.29, 1.82) is 0 Å². The van der Waals surface area contributed by atoms with E-state index >= 15 is 0 Å². The van der Waals surface area contributed by atoms with Gasteiger partial charge in [0.1, 0.15) is 18.2 Å². The van der Waals surface area contributed by atoms with Crippen molar-refractivity contribution in [1.82, 2.24) is 30.0 Å². The third-order valence-corrected chi connectivity index (χ3v) is 5.51. The highest BCUT2D eigenvalue weighted by Gasteiger charge is 2.15. The largest absolute Gasteiger partial charge is 0.493 e. The van der Waals surface area contributed by atoms with Crippen LogP contribution in [0.4, 0.5) is 10.6 Å². The first-order valence-electron chi connectivity index (χ1n) is 12.2. The highest BCUT2D eigenvalue weighted by Crippen LogP contribution is 2.28. The van der Waals surface area contributed by atoms with Crippen LogP contribution in [0.1, 0.15) is 22.7 Å². The standard InChI is InChI=1S/C27H33N7O4/c1-17-13-18(2)34(32-17)25-15-24(29-26(31-25)22-9-7-19(3)38-22)30-27(35)28-11-12-37-23-14-20(16-33(4)5)8-10-21(23)36-6/h7-10,13-15H,11-12,16H2,1-6H3,(H2,28,29,30,31,35). The van der Waals surface area contributed by atoms with Gasteiger partial charge in [-0.2, -0.15) is 5.10 Å². The third-order valence-electron chi connectivity index (χ3n) is 5.51. The number of carbonyl (C=O) groups is 1. The molecule has 11 nitrogen and oxygen atoms in total. The SMILES string of the molecule is COc1ccc(CN(C)C)cc1OCCNC(=O)Nc1cc(-n2nc(C)cc2C)nc(-c2ccc(C)o2)n1. The van der Waals surface area contributed by atoms with E-state index < -0.39 is 6.03 Å². The van der Waals surface area contributed by atoms with E-state index in [1.807, 2.05) is 65.2 Å². The van der Waals surface area contributed by atoms with Crippen molar-refractivity contribution in [3.05, 3.63) is 65.2 Å².